The molecule has 8 heteroatoms. The van der Waals surface area contributed by atoms with Gasteiger partial charge in [-0.25, -0.2) is 9.97 Å². The maximum atomic E-state index is 10.5. The van der Waals surface area contributed by atoms with Crippen molar-refractivity contribution >= 4 is 45.3 Å². The highest BCUT2D eigenvalue weighted by atomic mass is 32.1. The van der Waals surface area contributed by atoms with Gasteiger partial charge in [0.1, 0.15) is 0 Å². The van der Waals surface area contributed by atoms with Crippen LogP contribution in [0, 0.1) is 5.41 Å². The Kier molecular flexibility index (Phi) is 8.96. The number of carbonyl (C=O) groups excluding carboxylic acids is 1. The summed E-state index contributed by atoms with van der Waals surface area (Å²) in [6, 6.07) is 15.5. The average Bonchev–Trinajstić information content (AvgIpc) is 3.65. The number of fused-ring (bicyclic) bond motifs is 1. The van der Waals surface area contributed by atoms with Gasteiger partial charge in [0.15, 0.2) is 10.8 Å². The molecule has 1 aliphatic rings. The average molecular weight is 521 g/mol. The number of nitrogens with zero attached hydrogens (tertiary/aromatic N) is 3. The number of thiophene rings is 1. The fourth-order valence-corrected chi connectivity index (χ4v) is 5.69. The zero-order valence-electron chi connectivity index (χ0n) is 21.0. The number of benzene rings is 1. The summed E-state index contributed by atoms with van der Waals surface area (Å²) in [5, 5.41) is 11.5. The smallest absolute Gasteiger partial charge is 0.223 e. The molecule has 1 fully saturated rings. The number of likely N-dealkylation sites (tertiary alicyclic amines) is 1. The molecule has 0 saturated carbocycles. The fourth-order valence-electron chi connectivity index (χ4n) is 4.28. The van der Waals surface area contributed by atoms with Gasteiger partial charge in [0.05, 0.1) is 27.6 Å². The van der Waals surface area contributed by atoms with E-state index >= 15 is 0 Å². The summed E-state index contributed by atoms with van der Waals surface area (Å²) in [5.41, 5.74) is 3.35. The topological polar surface area (TPSA) is 79.2 Å². The molecule has 1 aromatic carbocycles. The van der Waals surface area contributed by atoms with E-state index < -0.39 is 0 Å². The lowest BCUT2D eigenvalue weighted by molar-refractivity contribution is 0.101. The summed E-state index contributed by atoms with van der Waals surface area (Å²) in [6.07, 6.45) is 5.39. The van der Waals surface area contributed by atoms with Gasteiger partial charge in [-0.05, 0) is 75.5 Å². The molecule has 0 aliphatic carbocycles. The van der Waals surface area contributed by atoms with Gasteiger partial charge in [-0.15, -0.1) is 22.7 Å². The molecule has 1 saturated heterocycles. The van der Waals surface area contributed by atoms with Crippen molar-refractivity contribution in [3.63, 3.8) is 0 Å². The molecule has 0 radical (unpaired) electrons. The first kappa shape index (κ1) is 26.1. The predicted molar refractivity (Wildman–Crippen MR) is 150 cm³/mol. The van der Waals surface area contributed by atoms with E-state index in [2.05, 4.69) is 47.1 Å². The maximum Gasteiger partial charge on any atom is 0.223 e. The summed E-state index contributed by atoms with van der Waals surface area (Å²) in [4.78, 5) is 23.6. The lowest BCUT2D eigenvalue weighted by atomic mass is 10.1. The quantitative estimate of drug-likeness (QED) is 0.167. The molecule has 0 spiro atoms. The standard InChI is InChI=1S/C23H27N3OS.C5H5NOS/c1-3-27-23(24)22-11-10-21(28-22)20-9-7-18-15-17(6-8-19(18)25-20)12-14-26-13-4-5-16(26)2;1-4(7)5-6-2-3-8-5/h6-11,15-16,24H,3-5,12-14H2,1-2H3;2-3H,1H3/t16-;/m1./s1. The SMILES string of the molecule is CC(=O)c1nccs1.CCOC(=N)c1ccc(-c2ccc3cc(CCN4CCC[C@H]4C)ccc3n2)s1. The van der Waals surface area contributed by atoms with Crippen molar-refractivity contribution in [3.05, 3.63) is 69.5 Å². The first-order valence-electron chi connectivity index (χ1n) is 12.3. The molecule has 1 N–H and O–H groups in total. The van der Waals surface area contributed by atoms with Crippen molar-refractivity contribution in [1.82, 2.24) is 14.9 Å². The van der Waals surface area contributed by atoms with Crippen LogP contribution in [0.5, 0.6) is 0 Å². The first-order chi connectivity index (χ1) is 17.4. The van der Waals surface area contributed by atoms with E-state index in [1.165, 1.54) is 48.6 Å². The number of hydrogen-bond donors (Lipinski definition) is 1. The minimum Gasteiger partial charge on any atom is -0.477 e. The molecule has 188 valence electrons. The number of aromatic nitrogens is 2. The second-order valence-electron chi connectivity index (χ2n) is 8.82. The van der Waals surface area contributed by atoms with Crippen molar-refractivity contribution < 1.29 is 9.53 Å². The van der Waals surface area contributed by atoms with Gasteiger partial charge in [0.25, 0.3) is 0 Å². The van der Waals surface area contributed by atoms with Gasteiger partial charge in [-0.1, -0.05) is 12.1 Å². The molecule has 5 rings (SSSR count). The highest BCUT2D eigenvalue weighted by molar-refractivity contribution is 7.17. The van der Waals surface area contributed by atoms with Crippen LogP contribution < -0.4 is 0 Å². The summed E-state index contributed by atoms with van der Waals surface area (Å²) in [7, 11) is 0. The van der Waals surface area contributed by atoms with Gasteiger partial charge in [-0.2, -0.15) is 0 Å². The molecular formula is C28H32N4O2S2. The van der Waals surface area contributed by atoms with E-state index in [0.717, 1.165) is 40.0 Å². The van der Waals surface area contributed by atoms with E-state index in [1.807, 2.05) is 19.1 Å². The number of carbonyl (C=O) groups is 1. The molecule has 1 atom stereocenters. The molecular weight excluding hydrogens is 488 g/mol. The monoisotopic (exact) mass is 520 g/mol. The lowest BCUT2D eigenvalue weighted by Crippen LogP contribution is -2.28. The number of nitrogens with one attached hydrogen (secondary N) is 1. The van der Waals surface area contributed by atoms with Crippen molar-refractivity contribution in [1.29, 1.82) is 5.41 Å². The van der Waals surface area contributed by atoms with E-state index in [9.17, 15) is 4.79 Å². The number of hydrogen-bond acceptors (Lipinski definition) is 8. The molecule has 0 unspecified atom stereocenters. The Labute approximate surface area is 220 Å². The van der Waals surface area contributed by atoms with Crippen LogP contribution in [0.4, 0.5) is 0 Å². The van der Waals surface area contributed by atoms with Crippen LogP contribution in [0.1, 0.15) is 53.9 Å². The third-order valence-corrected chi connectivity index (χ3v) is 8.22. The highest BCUT2D eigenvalue weighted by Crippen LogP contribution is 2.29. The van der Waals surface area contributed by atoms with Crippen molar-refractivity contribution in [2.24, 2.45) is 0 Å². The van der Waals surface area contributed by atoms with Crippen molar-refractivity contribution in [2.45, 2.75) is 46.1 Å². The Bertz CT molecular complexity index is 1320. The number of ketones is 1. The van der Waals surface area contributed by atoms with Gasteiger partial charge in [0.2, 0.25) is 5.90 Å². The lowest BCUT2D eigenvalue weighted by Gasteiger charge is -2.20. The summed E-state index contributed by atoms with van der Waals surface area (Å²) < 4.78 is 5.30. The summed E-state index contributed by atoms with van der Waals surface area (Å²) in [5.74, 6) is 0.275. The highest BCUT2D eigenvalue weighted by Gasteiger charge is 2.19. The van der Waals surface area contributed by atoms with Crippen molar-refractivity contribution in [3.8, 4) is 10.6 Å². The van der Waals surface area contributed by atoms with Crippen LogP contribution in [-0.2, 0) is 11.2 Å². The normalized spacial score (nSPS) is 15.5. The minimum absolute atomic E-state index is 0.0417. The largest absolute Gasteiger partial charge is 0.477 e. The second kappa shape index (κ2) is 12.3. The van der Waals surface area contributed by atoms with Gasteiger partial charge in [0, 0.05) is 36.5 Å². The van der Waals surface area contributed by atoms with E-state index in [1.54, 1.807) is 22.9 Å². The Morgan fingerprint density at radius 3 is 2.75 bits per heavy atom. The Morgan fingerprint density at radius 1 is 1.22 bits per heavy atom. The summed E-state index contributed by atoms with van der Waals surface area (Å²) in [6.45, 7) is 8.64. The molecule has 3 aromatic heterocycles. The van der Waals surface area contributed by atoms with Gasteiger partial charge in [-0.3, -0.25) is 10.2 Å². The Hall–Kier alpha value is -2.94. The number of pyridine rings is 1. The van der Waals surface area contributed by atoms with Crippen LogP contribution in [0.2, 0.25) is 0 Å². The van der Waals surface area contributed by atoms with Crippen molar-refractivity contribution in [2.75, 3.05) is 19.7 Å². The third kappa shape index (κ3) is 6.63. The number of Topliss-reactive ketones (excluding diaryl/α,β-unsaturated/α-hetero) is 1. The molecule has 0 bridgehead atoms. The maximum absolute atomic E-state index is 10.5. The molecule has 6 nitrogen and oxygen atoms in total. The zero-order chi connectivity index (χ0) is 25.5. The molecule has 0 amide bonds. The van der Waals surface area contributed by atoms with Crippen LogP contribution >= 0.6 is 22.7 Å². The number of thiazole rings is 1. The minimum atomic E-state index is 0.0417. The van der Waals surface area contributed by atoms with E-state index in [-0.39, 0.29) is 11.7 Å². The van der Waals surface area contributed by atoms with Crippen LogP contribution in [-0.4, -0.2) is 52.3 Å². The molecule has 4 heterocycles. The predicted octanol–water partition coefficient (Wildman–Crippen LogP) is 6.70. The van der Waals surface area contributed by atoms with Gasteiger partial charge >= 0.3 is 0 Å². The van der Waals surface area contributed by atoms with Crippen LogP contribution in [0.25, 0.3) is 21.5 Å². The zero-order valence-corrected chi connectivity index (χ0v) is 22.6. The Balaban J connectivity index is 0.000000325. The Morgan fingerprint density at radius 2 is 2.08 bits per heavy atom. The number of rotatable bonds is 7. The third-order valence-electron chi connectivity index (χ3n) is 6.24. The summed E-state index contributed by atoms with van der Waals surface area (Å²) >= 11 is 2.92. The van der Waals surface area contributed by atoms with E-state index in [4.69, 9.17) is 15.1 Å². The van der Waals surface area contributed by atoms with E-state index in [0.29, 0.717) is 11.6 Å². The fraction of sp³-hybridized carbons (Fsp3) is 0.357. The van der Waals surface area contributed by atoms with Crippen LogP contribution in [0.3, 0.4) is 0 Å². The second-order valence-corrected chi connectivity index (χ2v) is 10.8. The molecule has 1 aliphatic heterocycles. The molecule has 4 aromatic rings. The van der Waals surface area contributed by atoms with Gasteiger partial charge < -0.3 is 9.64 Å². The first-order valence-corrected chi connectivity index (χ1v) is 14.0. The number of ether oxygens (including phenoxy) is 1. The van der Waals surface area contributed by atoms with Crippen LogP contribution in [0.15, 0.2) is 54.0 Å². The molecule has 36 heavy (non-hydrogen) atoms.